The molecule has 1 aromatic rings. The number of piperidine rings is 1. The fraction of sp³-hybridized carbons (Fsp3) is 0.611. The second-order valence-electron chi connectivity index (χ2n) is 7.25. The Kier molecular flexibility index (Phi) is 4.85. The number of amides is 1. The van der Waals surface area contributed by atoms with Crippen molar-refractivity contribution in [3.63, 3.8) is 0 Å². The van der Waals surface area contributed by atoms with Gasteiger partial charge in [0.2, 0.25) is 0 Å². The number of H-pyrrole nitrogens is 1. The summed E-state index contributed by atoms with van der Waals surface area (Å²) in [5, 5.41) is 0. The highest BCUT2D eigenvalue weighted by Crippen LogP contribution is 2.28. The van der Waals surface area contributed by atoms with Crippen LogP contribution in [0.15, 0.2) is 22.6 Å². The highest BCUT2D eigenvalue weighted by molar-refractivity contribution is 5.93. The number of hydrogen-bond acceptors (Lipinski definition) is 4. The van der Waals surface area contributed by atoms with Gasteiger partial charge in [-0.1, -0.05) is 11.6 Å². The zero-order chi connectivity index (χ0) is 17.3. The number of carbonyl (C=O) groups excluding carboxylic acids is 1. The van der Waals surface area contributed by atoms with E-state index in [0.717, 1.165) is 32.5 Å². The van der Waals surface area contributed by atoms with Gasteiger partial charge in [-0.25, -0.2) is 4.98 Å². The van der Waals surface area contributed by atoms with Crippen LogP contribution in [0.2, 0.25) is 0 Å². The smallest absolute Gasteiger partial charge is 0.263 e. The van der Waals surface area contributed by atoms with Crippen LogP contribution in [0.5, 0.6) is 0 Å². The van der Waals surface area contributed by atoms with Crippen molar-refractivity contribution in [3.05, 3.63) is 39.6 Å². The number of aryl methyl sites for hydroxylation is 1. The SMILES string of the molecule is CC(C)=CCN1C[C@@H]2CC[C@H]1CN(C(=O)c1cnc(C)[nH]c1=O)C2. The molecule has 3 saturated heterocycles. The predicted octanol–water partition coefficient (Wildman–Crippen LogP) is 1.58. The fourth-order valence-corrected chi connectivity index (χ4v) is 3.67. The van der Waals surface area contributed by atoms with Gasteiger partial charge in [-0.15, -0.1) is 0 Å². The van der Waals surface area contributed by atoms with Gasteiger partial charge in [0.15, 0.2) is 0 Å². The molecule has 6 nitrogen and oxygen atoms in total. The van der Waals surface area contributed by atoms with Gasteiger partial charge in [-0.05, 0) is 39.5 Å². The number of carbonyl (C=O) groups is 1. The van der Waals surface area contributed by atoms with E-state index in [4.69, 9.17) is 0 Å². The third kappa shape index (κ3) is 3.59. The zero-order valence-corrected chi connectivity index (χ0v) is 14.7. The Hall–Kier alpha value is -1.95. The van der Waals surface area contributed by atoms with Crippen LogP contribution < -0.4 is 5.56 Å². The Morgan fingerprint density at radius 3 is 2.83 bits per heavy atom. The lowest BCUT2D eigenvalue weighted by Crippen LogP contribution is -2.44. The summed E-state index contributed by atoms with van der Waals surface area (Å²) in [6, 6.07) is 0.376. The first-order valence-electron chi connectivity index (χ1n) is 8.66. The topological polar surface area (TPSA) is 69.3 Å². The van der Waals surface area contributed by atoms with Gasteiger partial charge in [0.1, 0.15) is 11.4 Å². The van der Waals surface area contributed by atoms with E-state index in [1.807, 2.05) is 4.90 Å². The summed E-state index contributed by atoms with van der Waals surface area (Å²) < 4.78 is 0. The van der Waals surface area contributed by atoms with E-state index in [1.165, 1.54) is 11.8 Å². The van der Waals surface area contributed by atoms with E-state index in [9.17, 15) is 9.59 Å². The van der Waals surface area contributed by atoms with Gasteiger partial charge in [-0.3, -0.25) is 14.5 Å². The van der Waals surface area contributed by atoms with Gasteiger partial charge in [0, 0.05) is 38.4 Å². The molecule has 24 heavy (non-hydrogen) atoms. The highest BCUT2D eigenvalue weighted by atomic mass is 16.2. The molecule has 1 amide bonds. The average Bonchev–Trinajstić information content (AvgIpc) is 2.84. The summed E-state index contributed by atoms with van der Waals surface area (Å²) >= 11 is 0. The number of fused-ring (bicyclic) bond motifs is 4. The molecule has 0 aromatic carbocycles. The number of aromatic nitrogens is 2. The Labute approximate surface area is 142 Å². The minimum absolute atomic E-state index is 0.151. The summed E-state index contributed by atoms with van der Waals surface area (Å²) in [5.41, 5.74) is 1.13. The van der Waals surface area contributed by atoms with Crippen LogP contribution in [0.25, 0.3) is 0 Å². The quantitative estimate of drug-likeness (QED) is 0.855. The molecule has 0 unspecified atom stereocenters. The molecule has 1 aromatic heterocycles. The lowest BCUT2D eigenvalue weighted by Gasteiger charge is -2.35. The predicted molar refractivity (Wildman–Crippen MR) is 93.0 cm³/mol. The number of nitrogens with zero attached hydrogens (tertiary/aromatic N) is 3. The van der Waals surface area contributed by atoms with Gasteiger partial charge >= 0.3 is 0 Å². The molecule has 3 aliphatic rings. The first-order valence-corrected chi connectivity index (χ1v) is 8.66. The van der Waals surface area contributed by atoms with Gasteiger partial charge in [0.05, 0.1) is 0 Å². The monoisotopic (exact) mass is 330 g/mol. The van der Waals surface area contributed by atoms with Crippen molar-refractivity contribution in [1.29, 1.82) is 0 Å². The summed E-state index contributed by atoms with van der Waals surface area (Å²) in [6.07, 6.45) is 5.93. The second-order valence-corrected chi connectivity index (χ2v) is 7.25. The highest BCUT2D eigenvalue weighted by Gasteiger charge is 2.36. The Morgan fingerprint density at radius 1 is 1.33 bits per heavy atom. The standard InChI is InChI=1S/C18H26N4O2/c1-12(2)6-7-21-9-14-4-5-15(21)11-22(10-14)18(24)16-8-19-13(3)20-17(16)23/h6,8,14-15H,4-5,7,9-11H2,1-3H3,(H,19,20,23)/t14-,15-/m0/s1. The largest absolute Gasteiger partial charge is 0.337 e. The summed E-state index contributed by atoms with van der Waals surface area (Å²) in [4.78, 5) is 35.9. The molecular formula is C18H26N4O2. The van der Waals surface area contributed by atoms with Crippen LogP contribution in [0, 0.1) is 12.8 Å². The van der Waals surface area contributed by atoms with Gasteiger partial charge in [0.25, 0.3) is 11.5 Å². The average molecular weight is 330 g/mol. The van der Waals surface area contributed by atoms with E-state index < -0.39 is 0 Å². The Morgan fingerprint density at radius 2 is 2.12 bits per heavy atom. The maximum atomic E-state index is 12.8. The van der Waals surface area contributed by atoms with E-state index >= 15 is 0 Å². The first-order chi connectivity index (χ1) is 11.4. The van der Waals surface area contributed by atoms with E-state index in [0.29, 0.717) is 24.3 Å². The third-order valence-electron chi connectivity index (χ3n) is 5.00. The third-order valence-corrected chi connectivity index (χ3v) is 5.00. The van der Waals surface area contributed by atoms with Crippen molar-refractivity contribution >= 4 is 5.91 Å². The lowest BCUT2D eigenvalue weighted by atomic mass is 9.95. The summed E-state index contributed by atoms with van der Waals surface area (Å²) in [5.74, 6) is 0.820. The number of hydrogen-bond donors (Lipinski definition) is 1. The minimum Gasteiger partial charge on any atom is -0.337 e. The molecule has 0 saturated carbocycles. The maximum Gasteiger partial charge on any atom is 0.263 e. The molecule has 2 bridgehead atoms. The molecule has 3 aliphatic heterocycles. The molecule has 4 rings (SSSR count). The number of rotatable bonds is 3. The maximum absolute atomic E-state index is 12.8. The Balaban J connectivity index is 1.77. The number of nitrogens with one attached hydrogen (secondary N) is 1. The van der Waals surface area contributed by atoms with Gasteiger partial charge < -0.3 is 9.88 Å². The van der Waals surface area contributed by atoms with Crippen molar-refractivity contribution in [2.45, 2.75) is 39.7 Å². The Bertz CT molecular complexity index is 705. The van der Waals surface area contributed by atoms with Gasteiger partial charge in [-0.2, -0.15) is 0 Å². The van der Waals surface area contributed by atoms with Crippen LogP contribution in [0.3, 0.4) is 0 Å². The molecule has 0 spiro atoms. The van der Waals surface area contributed by atoms with Crippen molar-refractivity contribution in [2.75, 3.05) is 26.2 Å². The molecule has 130 valence electrons. The van der Waals surface area contributed by atoms with Crippen LogP contribution in [-0.4, -0.2) is 57.9 Å². The molecular weight excluding hydrogens is 304 g/mol. The second kappa shape index (κ2) is 6.89. The lowest BCUT2D eigenvalue weighted by molar-refractivity contribution is 0.0738. The van der Waals surface area contributed by atoms with Crippen LogP contribution >= 0.6 is 0 Å². The number of aromatic amines is 1. The van der Waals surface area contributed by atoms with Crippen LogP contribution in [0.1, 0.15) is 42.9 Å². The normalized spacial score (nSPS) is 23.9. The number of allylic oxidation sites excluding steroid dienone is 1. The van der Waals surface area contributed by atoms with E-state index in [-0.39, 0.29) is 17.0 Å². The minimum atomic E-state index is -0.342. The van der Waals surface area contributed by atoms with Crippen molar-refractivity contribution in [1.82, 2.24) is 19.8 Å². The molecule has 6 heteroatoms. The van der Waals surface area contributed by atoms with Crippen molar-refractivity contribution in [2.24, 2.45) is 5.92 Å². The zero-order valence-electron chi connectivity index (χ0n) is 14.7. The molecule has 0 aliphatic carbocycles. The van der Waals surface area contributed by atoms with Crippen LogP contribution in [-0.2, 0) is 0 Å². The fourth-order valence-electron chi connectivity index (χ4n) is 3.67. The van der Waals surface area contributed by atoms with Crippen molar-refractivity contribution in [3.8, 4) is 0 Å². The molecule has 4 heterocycles. The summed E-state index contributed by atoms with van der Waals surface area (Å²) in [6.45, 7) is 9.33. The van der Waals surface area contributed by atoms with E-state index in [1.54, 1.807) is 6.92 Å². The molecule has 1 N–H and O–H groups in total. The molecule has 0 radical (unpaired) electrons. The molecule has 3 fully saturated rings. The van der Waals surface area contributed by atoms with Crippen molar-refractivity contribution < 1.29 is 4.79 Å². The van der Waals surface area contributed by atoms with E-state index in [2.05, 4.69) is 34.8 Å². The molecule has 2 atom stereocenters. The van der Waals surface area contributed by atoms with Crippen LogP contribution in [0.4, 0.5) is 0 Å². The first kappa shape index (κ1) is 16.9. The summed E-state index contributed by atoms with van der Waals surface area (Å²) in [7, 11) is 0.